The quantitative estimate of drug-likeness (QED) is 0.903. The minimum atomic E-state index is -0.811. The highest BCUT2D eigenvalue weighted by Gasteiger charge is 2.40. The summed E-state index contributed by atoms with van der Waals surface area (Å²) >= 11 is 1.36. The van der Waals surface area contributed by atoms with Crippen molar-refractivity contribution >= 4 is 22.4 Å². The topological polar surface area (TPSA) is 53.4 Å². The van der Waals surface area contributed by atoms with Gasteiger partial charge < -0.3 is 10.0 Å². The predicted octanol–water partition coefficient (Wildman–Crippen LogP) is 3.59. The first kappa shape index (κ1) is 13.6. The lowest BCUT2D eigenvalue weighted by molar-refractivity contribution is 0.0700. The van der Waals surface area contributed by atoms with Gasteiger partial charge in [0.25, 0.3) is 0 Å². The van der Waals surface area contributed by atoms with Crippen LogP contribution in [-0.2, 0) is 0 Å². The fraction of sp³-hybridized carbons (Fsp3) is 0.750. The maximum absolute atomic E-state index is 11.4. The van der Waals surface area contributed by atoms with Gasteiger partial charge in [-0.1, -0.05) is 17.8 Å². The van der Waals surface area contributed by atoms with Crippen LogP contribution in [0.2, 0.25) is 0 Å². The molecule has 4 nitrogen and oxygen atoms in total. The second-order valence-electron chi connectivity index (χ2n) is 7.11. The van der Waals surface area contributed by atoms with Crippen molar-refractivity contribution in [2.45, 2.75) is 44.4 Å². The number of aromatic carboxylic acids is 1. The third-order valence-corrected chi connectivity index (χ3v) is 6.69. The molecule has 0 amide bonds. The van der Waals surface area contributed by atoms with Crippen molar-refractivity contribution in [2.24, 2.45) is 17.8 Å². The normalized spacial score (nSPS) is 30.8. The number of hydrogen-bond acceptors (Lipinski definition) is 4. The van der Waals surface area contributed by atoms with E-state index in [2.05, 4.69) is 16.9 Å². The van der Waals surface area contributed by atoms with Crippen molar-refractivity contribution in [1.82, 2.24) is 4.98 Å². The Morgan fingerprint density at radius 1 is 1.33 bits per heavy atom. The van der Waals surface area contributed by atoms with E-state index in [1.807, 2.05) is 0 Å². The van der Waals surface area contributed by atoms with Crippen molar-refractivity contribution in [1.29, 1.82) is 0 Å². The van der Waals surface area contributed by atoms with Gasteiger partial charge in [-0.15, -0.1) is 0 Å². The lowest BCUT2D eigenvalue weighted by Crippen LogP contribution is -2.28. The Balaban J connectivity index is 1.50. The molecule has 3 saturated carbocycles. The monoisotopic (exact) mass is 306 g/mol. The van der Waals surface area contributed by atoms with Gasteiger partial charge in [0.15, 0.2) is 5.13 Å². The molecule has 0 radical (unpaired) electrons. The summed E-state index contributed by atoms with van der Waals surface area (Å²) < 4.78 is 0. The van der Waals surface area contributed by atoms with E-state index in [0.717, 1.165) is 48.0 Å². The molecule has 0 saturated heterocycles. The lowest BCUT2D eigenvalue weighted by atomic mass is 9.88. The number of aromatic nitrogens is 1. The van der Waals surface area contributed by atoms with Crippen LogP contribution < -0.4 is 4.90 Å². The Kier molecular flexibility index (Phi) is 3.21. The van der Waals surface area contributed by atoms with Gasteiger partial charge in [-0.05, 0) is 49.9 Å². The SMILES string of the molecule is CN(CC1CC2CCC1C2)c1nc(C2CC2)c(C(=O)O)s1. The molecule has 3 fully saturated rings. The van der Waals surface area contributed by atoms with Crippen LogP contribution in [0.25, 0.3) is 0 Å². The zero-order valence-electron chi connectivity index (χ0n) is 12.4. The highest BCUT2D eigenvalue weighted by molar-refractivity contribution is 7.17. The van der Waals surface area contributed by atoms with Gasteiger partial charge in [-0.2, -0.15) is 0 Å². The first-order chi connectivity index (χ1) is 10.1. The zero-order valence-corrected chi connectivity index (χ0v) is 13.2. The molecule has 3 aliphatic carbocycles. The minimum absolute atomic E-state index is 0.400. The Hall–Kier alpha value is -1.10. The molecule has 1 heterocycles. The van der Waals surface area contributed by atoms with Crippen molar-refractivity contribution in [3.05, 3.63) is 10.6 Å². The predicted molar refractivity (Wildman–Crippen MR) is 83.3 cm³/mol. The summed E-state index contributed by atoms with van der Waals surface area (Å²) in [6.45, 7) is 1.04. The average molecular weight is 306 g/mol. The molecule has 1 aromatic rings. The van der Waals surface area contributed by atoms with Crippen molar-refractivity contribution in [3.63, 3.8) is 0 Å². The Morgan fingerprint density at radius 2 is 2.14 bits per heavy atom. The summed E-state index contributed by atoms with van der Waals surface area (Å²) in [7, 11) is 2.08. The van der Waals surface area contributed by atoms with E-state index in [4.69, 9.17) is 0 Å². The van der Waals surface area contributed by atoms with Gasteiger partial charge in [-0.25, -0.2) is 9.78 Å². The van der Waals surface area contributed by atoms with Gasteiger partial charge in [0.2, 0.25) is 0 Å². The summed E-state index contributed by atoms with van der Waals surface area (Å²) in [6.07, 6.45) is 7.80. The molecule has 1 aromatic heterocycles. The summed E-state index contributed by atoms with van der Waals surface area (Å²) in [5.41, 5.74) is 0.835. The van der Waals surface area contributed by atoms with E-state index >= 15 is 0 Å². The van der Waals surface area contributed by atoms with Gasteiger partial charge in [0, 0.05) is 19.5 Å². The second-order valence-corrected chi connectivity index (χ2v) is 8.08. The molecular formula is C16H22N2O2S. The van der Waals surface area contributed by atoms with Crippen molar-refractivity contribution < 1.29 is 9.90 Å². The molecule has 3 unspecified atom stereocenters. The van der Waals surface area contributed by atoms with Crippen LogP contribution in [0.1, 0.15) is 59.8 Å². The van der Waals surface area contributed by atoms with E-state index in [9.17, 15) is 9.90 Å². The number of nitrogens with zero attached hydrogens (tertiary/aromatic N) is 2. The van der Waals surface area contributed by atoms with E-state index in [0.29, 0.717) is 10.8 Å². The minimum Gasteiger partial charge on any atom is -0.477 e. The third kappa shape index (κ3) is 2.45. The number of rotatable bonds is 5. The molecule has 3 atom stereocenters. The zero-order chi connectivity index (χ0) is 14.6. The number of hydrogen-bond donors (Lipinski definition) is 1. The maximum atomic E-state index is 11.4. The molecule has 3 aliphatic rings. The fourth-order valence-corrected chi connectivity index (χ4v) is 5.26. The van der Waals surface area contributed by atoms with Crippen LogP contribution in [0, 0.1) is 17.8 Å². The standard InChI is InChI=1S/C16H22N2O2S/c1-18(8-12-7-9-2-3-11(12)6-9)16-17-13(10-4-5-10)14(21-16)15(19)20/h9-12H,2-8H2,1H3,(H,19,20). The van der Waals surface area contributed by atoms with E-state index in [1.165, 1.54) is 37.0 Å². The van der Waals surface area contributed by atoms with Crippen molar-refractivity contribution in [2.75, 3.05) is 18.5 Å². The number of anilines is 1. The van der Waals surface area contributed by atoms with Crippen LogP contribution in [0.5, 0.6) is 0 Å². The molecule has 0 spiro atoms. The molecular weight excluding hydrogens is 284 g/mol. The Labute approximate surface area is 129 Å². The van der Waals surface area contributed by atoms with Crippen molar-refractivity contribution in [3.8, 4) is 0 Å². The molecule has 21 heavy (non-hydrogen) atoms. The fourth-order valence-electron chi connectivity index (χ4n) is 4.30. The number of fused-ring (bicyclic) bond motifs is 2. The molecule has 2 bridgehead atoms. The van der Waals surface area contributed by atoms with Gasteiger partial charge in [0.1, 0.15) is 4.88 Å². The van der Waals surface area contributed by atoms with Gasteiger partial charge >= 0.3 is 5.97 Å². The van der Waals surface area contributed by atoms with E-state index in [-0.39, 0.29) is 0 Å². The number of carboxylic acids is 1. The summed E-state index contributed by atoms with van der Waals surface area (Å²) in [4.78, 5) is 18.7. The molecule has 5 heteroatoms. The number of carbonyl (C=O) groups is 1. The van der Waals surface area contributed by atoms with Crippen LogP contribution in [0.15, 0.2) is 0 Å². The van der Waals surface area contributed by atoms with Gasteiger partial charge in [0.05, 0.1) is 5.69 Å². The molecule has 114 valence electrons. The second kappa shape index (κ2) is 4.97. The van der Waals surface area contributed by atoms with Crippen LogP contribution >= 0.6 is 11.3 Å². The van der Waals surface area contributed by atoms with E-state index in [1.54, 1.807) is 0 Å². The maximum Gasteiger partial charge on any atom is 0.347 e. The lowest BCUT2D eigenvalue weighted by Gasteiger charge is -2.26. The third-order valence-electron chi connectivity index (χ3n) is 5.52. The summed E-state index contributed by atoms with van der Waals surface area (Å²) in [5.74, 6) is 2.24. The highest BCUT2D eigenvalue weighted by atomic mass is 32.1. The highest BCUT2D eigenvalue weighted by Crippen LogP contribution is 2.49. The molecule has 0 aromatic carbocycles. The summed E-state index contributed by atoms with van der Waals surface area (Å²) in [6, 6.07) is 0. The molecule has 0 aliphatic heterocycles. The smallest absolute Gasteiger partial charge is 0.347 e. The Morgan fingerprint density at radius 3 is 2.71 bits per heavy atom. The number of carboxylic acid groups (broad SMARTS) is 1. The van der Waals surface area contributed by atoms with Crippen LogP contribution in [0.3, 0.4) is 0 Å². The Bertz CT molecular complexity index is 567. The van der Waals surface area contributed by atoms with E-state index < -0.39 is 5.97 Å². The largest absolute Gasteiger partial charge is 0.477 e. The number of thiazole rings is 1. The molecule has 1 N–H and O–H groups in total. The average Bonchev–Trinajstić information content (AvgIpc) is 2.89. The summed E-state index contributed by atoms with van der Waals surface area (Å²) in [5, 5.41) is 10.3. The molecule has 4 rings (SSSR count). The first-order valence-corrected chi connectivity index (χ1v) is 8.88. The van der Waals surface area contributed by atoms with Crippen LogP contribution in [0.4, 0.5) is 5.13 Å². The van der Waals surface area contributed by atoms with Gasteiger partial charge in [-0.3, -0.25) is 0 Å². The van der Waals surface area contributed by atoms with Crippen LogP contribution in [-0.4, -0.2) is 29.7 Å². The first-order valence-electron chi connectivity index (χ1n) is 8.07.